The molecule has 92 valence electrons. The first kappa shape index (κ1) is 13.3. The van der Waals surface area contributed by atoms with Gasteiger partial charge in [0.25, 0.3) is 0 Å². The van der Waals surface area contributed by atoms with E-state index in [1.54, 1.807) is 0 Å². The van der Waals surface area contributed by atoms with Gasteiger partial charge in [0.05, 0.1) is 6.04 Å². The van der Waals surface area contributed by atoms with Crippen LogP contribution < -0.4 is 10.6 Å². The number of alkyl halides is 3. The van der Waals surface area contributed by atoms with E-state index in [1.165, 1.54) is 0 Å². The van der Waals surface area contributed by atoms with E-state index in [0.29, 0.717) is 6.42 Å². The molecule has 0 radical (unpaired) electrons. The Labute approximate surface area is 94.3 Å². The smallest absolute Gasteiger partial charge is 0.305 e. The van der Waals surface area contributed by atoms with Crippen LogP contribution >= 0.6 is 11.8 Å². The van der Waals surface area contributed by atoms with Crippen molar-refractivity contribution in [1.29, 1.82) is 0 Å². The lowest BCUT2D eigenvalue weighted by Gasteiger charge is -2.21. The third-order valence-corrected chi connectivity index (χ3v) is 2.73. The Morgan fingerprint density at radius 1 is 1.44 bits per heavy atom. The third kappa shape index (κ3) is 4.84. The van der Waals surface area contributed by atoms with Gasteiger partial charge in [-0.1, -0.05) is 0 Å². The predicted molar refractivity (Wildman–Crippen MR) is 52.7 cm³/mol. The molecule has 2 amide bonds. The van der Waals surface area contributed by atoms with Gasteiger partial charge < -0.3 is 5.32 Å². The molecule has 1 heterocycles. The highest BCUT2D eigenvalue weighted by atomic mass is 32.2. The van der Waals surface area contributed by atoms with Crippen molar-refractivity contribution in [2.75, 3.05) is 12.3 Å². The summed E-state index contributed by atoms with van der Waals surface area (Å²) in [7, 11) is 0. The number of carbonyl (C=O) groups is 2. The predicted octanol–water partition coefficient (Wildman–Crippen LogP) is 0.634. The van der Waals surface area contributed by atoms with Crippen LogP contribution in [0.15, 0.2) is 0 Å². The molecule has 1 fully saturated rings. The molecule has 1 aliphatic heterocycles. The van der Waals surface area contributed by atoms with E-state index in [-0.39, 0.29) is 36.4 Å². The zero-order chi connectivity index (χ0) is 12.2. The lowest BCUT2D eigenvalue weighted by atomic mass is 10.1. The van der Waals surface area contributed by atoms with Gasteiger partial charge in [-0.25, -0.2) is 0 Å². The first-order valence-electron chi connectivity index (χ1n) is 4.66. The molecular weight excluding hydrogens is 245 g/mol. The van der Waals surface area contributed by atoms with Crippen molar-refractivity contribution in [3.63, 3.8) is 0 Å². The van der Waals surface area contributed by atoms with E-state index >= 15 is 0 Å². The Hall–Kier alpha value is -0.760. The Kier molecular flexibility index (Phi) is 4.60. The van der Waals surface area contributed by atoms with E-state index in [1.807, 2.05) is 0 Å². The number of imide groups is 1. The Morgan fingerprint density at radius 2 is 2.12 bits per heavy atom. The highest BCUT2D eigenvalue weighted by Gasteiger charge is 2.29. The van der Waals surface area contributed by atoms with Crippen LogP contribution in [0.3, 0.4) is 0 Å². The fourth-order valence-electron chi connectivity index (χ4n) is 1.29. The number of carbonyl (C=O) groups excluding carboxylic acids is 2. The number of halogens is 3. The number of hydrogen-bond acceptors (Lipinski definition) is 4. The van der Waals surface area contributed by atoms with Crippen molar-refractivity contribution >= 4 is 23.6 Å². The summed E-state index contributed by atoms with van der Waals surface area (Å²) in [5, 5.41) is 4.80. The molecule has 1 unspecified atom stereocenters. The molecule has 0 aliphatic carbocycles. The summed E-state index contributed by atoms with van der Waals surface area (Å²) in [6.45, 7) is 0.0798. The molecule has 1 atom stereocenters. The number of piperidine rings is 1. The summed E-state index contributed by atoms with van der Waals surface area (Å²) in [5.41, 5.74) is -4.24. The lowest BCUT2D eigenvalue weighted by Crippen LogP contribution is -2.51. The van der Waals surface area contributed by atoms with Gasteiger partial charge in [0.15, 0.2) is 0 Å². The van der Waals surface area contributed by atoms with Crippen molar-refractivity contribution in [1.82, 2.24) is 10.6 Å². The molecule has 2 N–H and O–H groups in total. The second kappa shape index (κ2) is 5.53. The monoisotopic (exact) mass is 256 g/mol. The summed E-state index contributed by atoms with van der Waals surface area (Å²) >= 11 is -0.137. The molecule has 1 rings (SSSR count). The van der Waals surface area contributed by atoms with E-state index in [9.17, 15) is 22.8 Å². The molecular formula is C8H11F3N2O2S. The average Bonchev–Trinajstić information content (AvgIpc) is 2.13. The van der Waals surface area contributed by atoms with Crippen LogP contribution in [0.2, 0.25) is 0 Å². The average molecular weight is 256 g/mol. The molecule has 0 bridgehead atoms. The molecule has 0 aromatic carbocycles. The van der Waals surface area contributed by atoms with E-state index < -0.39 is 17.5 Å². The number of thioether (sulfide) groups is 1. The fourth-order valence-corrected chi connectivity index (χ4v) is 1.74. The van der Waals surface area contributed by atoms with Gasteiger partial charge in [0, 0.05) is 18.7 Å². The van der Waals surface area contributed by atoms with Crippen molar-refractivity contribution in [2.24, 2.45) is 0 Å². The minimum atomic E-state index is -4.24. The summed E-state index contributed by atoms with van der Waals surface area (Å²) in [6.07, 6.45) is 0.553. The third-order valence-electron chi connectivity index (χ3n) is 2.00. The van der Waals surface area contributed by atoms with E-state index in [0.717, 1.165) is 0 Å². The minimum absolute atomic E-state index is 0.0798. The summed E-state index contributed by atoms with van der Waals surface area (Å²) < 4.78 is 35.3. The largest absolute Gasteiger partial charge is 0.441 e. The summed E-state index contributed by atoms with van der Waals surface area (Å²) in [5.74, 6) is -0.956. The standard InChI is InChI=1S/C8H11F3N2O2S/c9-8(10,11)16-4-3-12-5-1-2-6(14)13-7(5)15/h5,12H,1-4H2,(H,13,14,15). The van der Waals surface area contributed by atoms with Crippen LogP contribution in [0, 0.1) is 0 Å². The van der Waals surface area contributed by atoms with Gasteiger partial charge in [-0.3, -0.25) is 14.9 Å². The maximum atomic E-state index is 11.8. The van der Waals surface area contributed by atoms with E-state index in [4.69, 9.17) is 0 Å². The topological polar surface area (TPSA) is 58.2 Å². The molecule has 16 heavy (non-hydrogen) atoms. The quantitative estimate of drug-likeness (QED) is 0.572. The number of nitrogens with one attached hydrogen (secondary N) is 2. The van der Waals surface area contributed by atoms with Gasteiger partial charge in [-0.05, 0) is 18.2 Å². The zero-order valence-corrected chi connectivity index (χ0v) is 9.08. The zero-order valence-electron chi connectivity index (χ0n) is 8.26. The molecule has 0 aromatic rings. The molecule has 1 aliphatic rings. The van der Waals surface area contributed by atoms with Crippen molar-refractivity contribution in [2.45, 2.75) is 24.4 Å². The number of rotatable bonds is 4. The van der Waals surface area contributed by atoms with Gasteiger partial charge in [0.2, 0.25) is 11.8 Å². The molecule has 1 saturated heterocycles. The van der Waals surface area contributed by atoms with Crippen LogP contribution in [-0.4, -0.2) is 35.7 Å². The fraction of sp³-hybridized carbons (Fsp3) is 0.750. The van der Waals surface area contributed by atoms with Crippen molar-refractivity contribution in [3.8, 4) is 0 Å². The van der Waals surface area contributed by atoms with Gasteiger partial charge in [0.1, 0.15) is 0 Å². The molecule has 0 saturated carbocycles. The second-order valence-corrected chi connectivity index (χ2v) is 4.41. The van der Waals surface area contributed by atoms with Crippen LogP contribution in [-0.2, 0) is 9.59 Å². The Bertz CT molecular complexity index is 283. The maximum Gasteiger partial charge on any atom is 0.441 e. The van der Waals surface area contributed by atoms with Crippen LogP contribution in [0.1, 0.15) is 12.8 Å². The molecule has 8 heteroatoms. The molecule has 0 aromatic heterocycles. The SMILES string of the molecule is O=C1CCC(NCCSC(F)(F)F)C(=O)N1. The van der Waals surface area contributed by atoms with Crippen LogP contribution in [0.5, 0.6) is 0 Å². The first-order chi connectivity index (χ1) is 7.38. The second-order valence-electron chi connectivity index (χ2n) is 3.25. The summed E-state index contributed by atoms with van der Waals surface area (Å²) in [4.78, 5) is 21.9. The number of amides is 2. The highest BCUT2D eigenvalue weighted by Crippen LogP contribution is 2.29. The lowest BCUT2D eigenvalue weighted by molar-refractivity contribution is -0.134. The van der Waals surface area contributed by atoms with Crippen molar-refractivity contribution in [3.05, 3.63) is 0 Å². The van der Waals surface area contributed by atoms with E-state index in [2.05, 4.69) is 10.6 Å². The minimum Gasteiger partial charge on any atom is -0.305 e. The van der Waals surface area contributed by atoms with Crippen LogP contribution in [0.25, 0.3) is 0 Å². The normalized spacial score (nSPS) is 22.1. The maximum absolute atomic E-state index is 11.8. The first-order valence-corrected chi connectivity index (χ1v) is 5.65. The van der Waals surface area contributed by atoms with Gasteiger partial charge in [-0.15, -0.1) is 0 Å². The van der Waals surface area contributed by atoms with Gasteiger partial charge in [-0.2, -0.15) is 13.2 Å². The van der Waals surface area contributed by atoms with Gasteiger partial charge >= 0.3 is 5.51 Å². The van der Waals surface area contributed by atoms with Crippen molar-refractivity contribution < 1.29 is 22.8 Å². The van der Waals surface area contributed by atoms with Crippen LogP contribution in [0.4, 0.5) is 13.2 Å². The molecule has 0 spiro atoms. The summed E-state index contributed by atoms with van der Waals surface area (Å²) in [6, 6.07) is -0.563. The number of hydrogen-bond donors (Lipinski definition) is 2. The Balaban J connectivity index is 2.18. The Morgan fingerprint density at radius 3 is 2.69 bits per heavy atom. The highest BCUT2D eigenvalue weighted by molar-refractivity contribution is 8.00. The molecule has 4 nitrogen and oxygen atoms in total.